The first kappa shape index (κ1) is 8.30. The standard InChI is InChI=1S/C8H11BO2/c1-7-2-4-8(5-3-7)6-9(10)11/h2-5,10-11H,6H2,1H3. The van der Waals surface area contributed by atoms with Gasteiger partial charge < -0.3 is 10.0 Å². The maximum Gasteiger partial charge on any atom is 0.456 e. The Bertz CT molecular complexity index is 218. The maximum atomic E-state index is 8.63. The average molecular weight is 150 g/mol. The lowest BCUT2D eigenvalue weighted by molar-refractivity contribution is 0.405. The van der Waals surface area contributed by atoms with Crippen LogP contribution < -0.4 is 0 Å². The molecule has 1 aromatic rings. The monoisotopic (exact) mass is 150 g/mol. The van der Waals surface area contributed by atoms with E-state index in [-0.39, 0.29) is 0 Å². The lowest BCUT2D eigenvalue weighted by Crippen LogP contribution is -2.14. The van der Waals surface area contributed by atoms with Gasteiger partial charge in [0.1, 0.15) is 0 Å². The zero-order valence-electron chi connectivity index (χ0n) is 6.49. The van der Waals surface area contributed by atoms with Crippen LogP contribution in [0.2, 0.25) is 0 Å². The van der Waals surface area contributed by atoms with Crippen molar-refractivity contribution in [1.82, 2.24) is 0 Å². The van der Waals surface area contributed by atoms with Crippen molar-refractivity contribution in [3.05, 3.63) is 35.4 Å². The molecule has 0 aliphatic rings. The summed E-state index contributed by atoms with van der Waals surface area (Å²) in [5, 5.41) is 17.3. The van der Waals surface area contributed by atoms with E-state index in [1.54, 1.807) is 0 Å². The number of hydrogen-bond acceptors (Lipinski definition) is 2. The third kappa shape index (κ3) is 2.74. The summed E-state index contributed by atoms with van der Waals surface area (Å²) in [5.74, 6) is 0. The van der Waals surface area contributed by atoms with Crippen LogP contribution in [0.15, 0.2) is 24.3 Å². The molecule has 0 radical (unpaired) electrons. The van der Waals surface area contributed by atoms with E-state index in [0.29, 0.717) is 6.32 Å². The van der Waals surface area contributed by atoms with Crippen LogP contribution in [0.1, 0.15) is 11.1 Å². The molecular formula is C8H11BO2. The van der Waals surface area contributed by atoms with Gasteiger partial charge in [0, 0.05) is 6.32 Å². The van der Waals surface area contributed by atoms with Crippen molar-refractivity contribution in [2.75, 3.05) is 0 Å². The summed E-state index contributed by atoms with van der Waals surface area (Å²) in [6.45, 7) is 2.00. The van der Waals surface area contributed by atoms with Gasteiger partial charge in [0.25, 0.3) is 0 Å². The second-order valence-corrected chi connectivity index (χ2v) is 2.67. The highest BCUT2D eigenvalue weighted by Gasteiger charge is 2.06. The number of aryl methyl sites for hydroxylation is 1. The minimum atomic E-state index is -1.24. The van der Waals surface area contributed by atoms with E-state index in [2.05, 4.69) is 0 Å². The third-order valence-electron chi connectivity index (χ3n) is 1.54. The fourth-order valence-corrected chi connectivity index (χ4v) is 0.935. The largest absolute Gasteiger partial charge is 0.456 e. The van der Waals surface area contributed by atoms with Gasteiger partial charge in [-0.15, -0.1) is 0 Å². The van der Waals surface area contributed by atoms with E-state index < -0.39 is 7.12 Å². The normalized spacial score (nSPS) is 9.73. The average Bonchev–Trinajstić information content (AvgIpc) is 1.93. The van der Waals surface area contributed by atoms with Crippen molar-refractivity contribution in [3.63, 3.8) is 0 Å². The van der Waals surface area contributed by atoms with Gasteiger partial charge in [0.2, 0.25) is 0 Å². The highest BCUT2D eigenvalue weighted by atomic mass is 16.4. The van der Waals surface area contributed by atoms with Crippen LogP contribution in [-0.4, -0.2) is 17.2 Å². The molecule has 0 heterocycles. The quantitative estimate of drug-likeness (QED) is 0.604. The SMILES string of the molecule is Cc1ccc(CB(O)O)cc1. The first-order valence-electron chi connectivity index (χ1n) is 3.60. The molecule has 2 N–H and O–H groups in total. The van der Waals surface area contributed by atoms with Gasteiger partial charge in [0.05, 0.1) is 0 Å². The smallest absolute Gasteiger partial charge is 0.427 e. The topological polar surface area (TPSA) is 40.5 Å². The van der Waals surface area contributed by atoms with E-state index in [9.17, 15) is 0 Å². The number of rotatable bonds is 2. The Morgan fingerprint density at radius 1 is 1.18 bits per heavy atom. The molecule has 0 fully saturated rings. The van der Waals surface area contributed by atoms with E-state index in [0.717, 1.165) is 5.56 Å². The Kier molecular flexibility index (Phi) is 2.68. The van der Waals surface area contributed by atoms with Crippen molar-refractivity contribution in [2.24, 2.45) is 0 Å². The second kappa shape index (κ2) is 3.55. The molecule has 58 valence electrons. The predicted octanol–water partition coefficient (Wildman–Crippen LogP) is 0.550. The fourth-order valence-electron chi connectivity index (χ4n) is 0.935. The van der Waals surface area contributed by atoms with Crippen molar-refractivity contribution in [1.29, 1.82) is 0 Å². The molecule has 0 atom stereocenters. The van der Waals surface area contributed by atoms with Crippen LogP contribution in [0.5, 0.6) is 0 Å². The van der Waals surface area contributed by atoms with Gasteiger partial charge in [0.15, 0.2) is 0 Å². The van der Waals surface area contributed by atoms with Crippen LogP contribution in [0.3, 0.4) is 0 Å². The minimum absolute atomic E-state index is 0.306. The van der Waals surface area contributed by atoms with Crippen molar-refractivity contribution < 1.29 is 10.0 Å². The van der Waals surface area contributed by atoms with E-state index in [4.69, 9.17) is 10.0 Å². The van der Waals surface area contributed by atoms with Gasteiger partial charge in [-0.1, -0.05) is 35.4 Å². The molecule has 0 saturated heterocycles. The predicted molar refractivity (Wildman–Crippen MR) is 45.1 cm³/mol. The molecule has 11 heavy (non-hydrogen) atoms. The van der Waals surface area contributed by atoms with Gasteiger partial charge in [-0.2, -0.15) is 0 Å². The Hall–Kier alpha value is -0.795. The molecule has 0 aromatic heterocycles. The zero-order valence-corrected chi connectivity index (χ0v) is 6.49. The summed E-state index contributed by atoms with van der Waals surface area (Å²) in [6, 6.07) is 7.71. The Balaban J connectivity index is 2.66. The molecule has 0 amide bonds. The summed E-state index contributed by atoms with van der Waals surface area (Å²) in [4.78, 5) is 0. The maximum absolute atomic E-state index is 8.63. The van der Waals surface area contributed by atoms with Crippen LogP contribution in [0.4, 0.5) is 0 Å². The highest BCUT2D eigenvalue weighted by Crippen LogP contribution is 2.03. The Labute approximate surface area is 66.6 Å². The van der Waals surface area contributed by atoms with Gasteiger partial charge >= 0.3 is 7.12 Å². The molecule has 2 nitrogen and oxygen atoms in total. The molecule has 0 bridgehead atoms. The van der Waals surface area contributed by atoms with Crippen LogP contribution in [0.25, 0.3) is 0 Å². The summed E-state index contributed by atoms with van der Waals surface area (Å²) in [5.41, 5.74) is 2.13. The van der Waals surface area contributed by atoms with Gasteiger partial charge in [-0.25, -0.2) is 0 Å². The summed E-state index contributed by atoms with van der Waals surface area (Å²) in [7, 11) is -1.24. The second-order valence-electron chi connectivity index (χ2n) is 2.67. The lowest BCUT2D eigenvalue weighted by atomic mass is 9.82. The first-order chi connectivity index (χ1) is 5.18. The number of hydrogen-bond donors (Lipinski definition) is 2. The third-order valence-corrected chi connectivity index (χ3v) is 1.54. The molecule has 0 aliphatic carbocycles. The van der Waals surface area contributed by atoms with E-state index in [1.165, 1.54) is 5.56 Å². The Morgan fingerprint density at radius 3 is 2.18 bits per heavy atom. The van der Waals surface area contributed by atoms with Crippen LogP contribution in [0, 0.1) is 6.92 Å². The van der Waals surface area contributed by atoms with Crippen molar-refractivity contribution in [3.8, 4) is 0 Å². The van der Waals surface area contributed by atoms with Crippen molar-refractivity contribution >= 4 is 7.12 Å². The molecule has 3 heteroatoms. The fraction of sp³-hybridized carbons (Fsp3) is 0.250. The highest BCUT2D eigenvalue weighted by molar-refractivity contribution is 6.40. The van der Waals surface area contributed by atoms with E-state index in [1.807, 2.05) is 31.2 Å². The van der Waals surface area contributed by atoms with Gasteiger partial charge in [-0.3, -0.25) is 0 Å². The summed E-state index contributed by atoms with van der Waals surface area (Å²) < 4.78 is 0. The van der Waals surface area contributed by atoms with Crippen molar-refractivity contribution in [2.45, 2.75) is 13.2 Å². The lowest BCUT2D eigenvalue weighted by Gasteiger charge is -1.99. The molecule has 0 unspecified atom stereocenters. The van der Waals surface area contributed by atoms with Gasteiger partial charge in [-0.05, 0) is 6.92 Å². The Morgan fingerprint density at radius 2 is 1.73 bits per heavy atom. The molecule has 0 aliphatic heterocycles. The number of benzene rings is 1. The molecule has 0 saturated carbocycles. The molecule has 0 spiro atoms. The molecule has 1 rings (SSSR count). The van der Waals surface area contributed by atoms with E-state index >= 15 is 0 Å². The van der Waals surface area contributed by atoms with Crippen LogP contribution >= 0.6 is 0 Å². The minimum Gasteiger partial charge on any atom is -0.427 e. The van der Waals surface area contributed by atoms with Crippen LogP contribution in [-0.2, 0) is 6.32 Å². The molecule has 1 aromatic carbocycles. The first-order valence-corrected chi connectivity index (χ1v) is 3.60. The molecular weight excluding hydrogens is 139 g/mol. The summed E-state index contributed by atoms with van der Waals surface area (Å²) in [6.07, 6.45) is 0.306. The summed E-state index contributed by atoms with van der Waals surface area (Å²) >= 11 is 0. The zero-order chi connectivity index (χ0) is 8.27.